The molecule has 0 saturated heterocycles. The van der Waals surface area contributed by atoms with E-state index < -0.39 is 11.8 Å². The van der Waals surface area contributed by atoms with Gasteiger partial charge in [0.1, 0.15) is 5.69 Å². The minimum atomic E-state index is -0.554. The monoisotopic (exact) mass is 300 g/mol. The van der Waals surface area contributed by atoms with E-state index in [0.717, 1.165) is 0 Å². The molecule has 0 saturated carbocycles. The van der Waals surface area contributed by atoms with Crippen LogP contribution in [-0.4, -0.2) is 28.6 Å². The van der Waals surface area contributed by atoms with Gasteiger partial charge >= 0.3 is 0 Å². The molecule has 8 heteroatoms. The van der Waals surface area contributed by atoms with E-state index in [0.29, 0.717) is 22.8 Å². The molecule has 3 rings (SSSR count). The molecule has 0 spiro atoms. The summed E-state index contributed by atoms with van der Waals surface area (Å²) < 4.78 is 10.3. The molecule has 0 aliphatic carbocycles. The van der Waals surface area contributed by atoms with Gasteiger partial charge in [0.15, 0.2) is 11.5 Å². The number of benzene rings is 1. The predicted molar refractivity (Wildman–Crippen MR) is 74.3 cm³/mol. The Morgan fingerprint density at radius 3 is 2.59 bits per heavy atom. The standard InChI is InChI=1S/C14H12N4O4/c1-8-5-16-10(6-15-8)14(20)18-17-13(19)9-2-3-11-12(4-9)22-7-21-11/h2-6H,7H2,1H3,(H,17,19)(H,18,20). The number of carbonyl (C=O) groups excluding carboxylic acids is 2. The molecule has 22 heavy (non-hydrogen) atoms. The third-order valence-corrected chi connectivity index (χ3v) is 2.94. The molecule has 8 nitrogen and oxygen atoms in total. The first kappa shape index (κ1) is 13.8. The molecule has 1 aliphatic heterocycles. The predicted octanol–water partition coefficient (Wildman–Crippen LogP) is 0.589. The lowest BCUT2D eigenvalue weighted by Gasteiger charge is -2.07. The third-order valence-electron chi connectivity index (χ3n) is 2.94. The second kappa shape index (κ2) is 5.68. The van der Waals surface area contributed by atoms with Crippen LogP contribution in [0.4, 0.5) is 0 Å². The van der Waals surface area contributed by atoms with Crippen molar-refractivity contribution in [2.24, 2.45) is 0 Å². The van der Waals surface area contributed by atoms with Crippen LogP contribution in [-0.2, 0) is 0 Å². The van der Waals surface area contributed by atoms with Crippen LogP contribution in [0.3, 0.4) is 0 Å². The van der Waals surface area contributed by atoms with Gasteiger partial charge in [0.25, 0.3) is 11.8 Å². The van der Waals surface area contributed by atoms with E-state index >= 15 is 0 Å². The molecule has 112 valence electrons. The van der Waals surface area contributed by atoms with Crippen molar-refractivity contribution in [2.45, 2.75) is 6.92 Å². The first-order chi connectivity index (χ1) is 10.6. The number of amides is 2. The number of carbonyl (C=O) groups is 2. The summed E-state index contributed by atoms with van der Waals surface area (Å²) in [5.74, 6) is 0.0345. The molecule has 0 unspecified atom stereocenters. The molecular weight excluding hydrogens is 288 g/mol. The fourth-order valence-corrected chi connectivity index (χ4v) is 1.80. The largest absolute Gasteiger partial charge is 0.454 e. The van der Waals surface area contributed by atoms with Gasteiger partial charge in [-0.1, -0.05) is 0 Å². The summed E-state index contributed by atoms with van der Waals surface area (Å²) in [7, 11) is 0. The van der Waals surface area contributed by atoms with E-state index in [9.17, 15) is 9.59 Å². The first-order valence-electron chi connectivity index (χ1n) is 6.42. The maximum Gasteiger partial charge on any atom is 0.289 e. The van der Waals surface area contributed by atoms with Crippen molar-refractivity contribution in [3.8, 4) is 11.5 Å². The van der Waals surface area contributed by atoms with Gasteiger partial charge in [-0.2, -0.15) is 0 Å². The van der Waals surface area contributed by atoms with Crippen LogP contribution in [0.2, 0.25) is 0 Å². The number of hydrogen-bond donors (Lipinski definition) is 2. The van der Waals surface area contributed by atoms with Gasteiger partial charge in [-0.05, 0) is 25.1 Å². The highest BCUT2D eigenvalue weighted by Gasteiger charge is 2.16. The van der Waals surface area contributed by atoms with Gasteiger partial charge in [-0.3, -0.25) is 25.4 Å². The Labute approximate surface area is 125 Å². The lowest BCUT2D eigenvalue weighted by molar-refractivity contribution is 0.0843. The fraction of sp³-hybridized carbons (Fsp3) is 0.143. The number of hydrogen-bond acceptors (Lipinski definition) is 6. The van der Waals surface area contributed by atoms with Crippen LogP contribution in [0.1, 0.15) is 26.5 Å². The maximum atomic E-state index is 12.0. The molecule has 2 amide bonds. The van der Waals surface area contributed by atoms with Gasteiger partial charge < -0.3 is 9.47 Å². The number of aryl methyl sites for hydroxylation is 1. The number of nitrogens with one attached hydrogen (secondary N) is 2. The second-order valence-corrected chi connectivity index (χ2v) is 4.52. The lowest BCUT2D eigenvalue weighted by Crippen LogP contribution is -2.42. The number of hydrazine groups is 1. The average Bonchev–Trinajstić information content (AvgIpc) is 3.00. The van der Waals surface area contributed by atoms with E-state index in [1.54, 1.807) is 19.1 Å². The van der Waals surface area contributed by atoms with Gasteiger partial charge in [-0.15, -0.1) is 0 Å². The van der Waals surface area contributed by atoms with Crippen LogP contribution in [0.15, 0.2) is 30.6 Å². The molecule has 1 aromatic carbocycles. The Balaban J connectivity index is 1.62. The minimum absolute atomic E-state index is 0.108. The topological polar surface area (TPSA) is 102 Å². The highest BCUT2D eigenvalue weighted by atomic mass is 16.7. The van der Waals surface area contributed by atoms with Crippen LogP contribution in [0.5, 0.6) is 11.5 Å². The van der Waals surface area contributed by atoms with Crippen molar-refractivity contribution in [1.82, 2.24) is 20.8 Å². The number of fused-ring (bicyclic) bond motifs is 1. The molecule has 2 heterocycles. The minimum Gasteiger partial charge on any atom is -0.454 e. The SMILES string of the molecule is Cc1cnc(C(=O)NNC(=O)c2ccc3c(c2)OCO3)cn1. The number of rotatable bonds is 2. The summed E-state index contributed by atoms with van der Waals surface area (Å²) in [5.41, 5.74) is 5.71. The van der Waals surface area contributed by atoms with Crippen LogP contribution < -0.4 is 20.3 Å². The van der Waals surface area contributed by atoms with Crippen LogP contribution >= 0.6 is 0 Å². The van der Waals surface area contributed by atoms with Gasteiger partial charge in [0.05, 0.1) is 11.9 Å². The quantitative estimate of drug-likeness (QED) is 0.787. The van der Waals surface area contributed by atoms with Crippen molar-refractivity contribution >= 4 is 11.8 Å². The smallest absolute Gasteiger partial charge is 0.289 e. The molecule has 0 radical (unpaired) electrons. The zero-order valence-corrected chi connectivity index (χ0v) is 11.6. The second-order valence-electron chi connectivity index (χ2n) is 4.52. The molecule has 0 atom stereocenters. The number of aromatic nitrogens is 2. The molecule has 0 fully saturated rings. The third kappa shape index (κ3) is 2.80. The van der Waals surface area contributed by atoms with Crippen molar-refractivity contribution in [2.75, 3.05) is 6.79 Å². The maximum absolute atomic E-state index is 12.0. The fourth-order valence-electron chi connectivity index (χ4n) is 1.80. The van der Waals surface area contributed by atoms with Crippen molar-refractivity contribution in [1.29, 1.82) is 0 Å². The normalized spacial score (nSPS) is 11.9. The van der Waals surface area contributed by atoms with E-state index in [1.807, 2.05) is 0 Å². The van der Waals surface area contributed by atoms with E-state index in [-0.39, 0.29) is 12.5 Å². The van der Waals surface area contributed by atoms with Crippen LogP contribution in [0.25, 0.3) is 0 Å². The summed E-state index contributed by atoms with van der Waals surface area (Å²) in [6.45, 7) is 1.89. The Morgan fingerprint density at radius 2 is 1.82 bits per heavy atom. The van der Waals surface area contributed by atoms with E-state index in [4.69, 9.17) is 9.47 Å². The molecular formula is C14H12N4O4. The first-order valence-corrected chi connectivity index (χ1v) is 6.42. The van der Waals surface area contributed by atoms with Crippen molar-refractivity contribution in [3.05, 3.63) is 47.5 Å². The van der Waals surface area contributed by atoms with Crippen LogP contribution in [0, 0.1) is 6.92 Å². The zero-order chi connectivity index (χ0) is 15.5. The summed E-state index contributed by atoms with van der Waals surface area (Å²) in [4.78, 5) is 31.7. The molecule has 2 N–H and O–H groups in total. The van der Waals surface area contributed by atoms with E-state index in [2.05, 4.69) is 20.8 Å². The van der Waals surface area contributed by atoms with Gasteiger partial charge in [0.2, 0.25) is 6.79 Å². The highest BCUT2D eigenvalue weighted by molar-refractivity contribution is 5.98. The number of nitrogens with zero attached hydrogens (tertiary/aromatic N) is 2. The average molecular weight is 300 g/mol. The van der Waals surface area contributed by atoms with Crippen molar-refractivity contribution in [3.63, 3.8) is 0 Å². The summed E-state index contributed by atoms with van der Waals surface area (Å²) in [5, 5.41) is 0. The molecule has 0 bridgehead atoms. The molecule has 1 aromatic heterocycles. The van der Waals surface area contributed by atoms with Gasteiger partial charge in [-0.25, -0.2) is 4.98 Å². The van der Waals surface area contributed by atoms with Gasteiger partial charge in [0, 0.05) is 11.8 Å². The zero-order valence-electron chi connectivity index (χ0n) is 11.6. The Hall–Kier alpha value is -3.16. The molecule has 1 aliphatic rings. The summed E-state index contributed by atoms with van der Waals surface area (Å²) in [6, 6.07) is 4.74. The Bertz CT molecular complexity index is 730. The summed E-state index contributed by atoms with van der Waals surface area (Å²) >= 11 is 0. The summed E-state index contributed by atoms with van der Waals surface area (Å²) in [6.07, 6.45) is 2.80. The Kier molecular flexibility index (Phi) is 3.57. The molecule has 2 aromatic rings. The lowest BCUT2D eigenvalue weighted by atomic mass is 10.2. The number of ether oxygens (including phenoxy) is 2. The highest BCUT2D eigenvalue weighted by Crippen LogP contribution is 2.32. The van der Waals surface area contributed by atoms with E-state index in [1.165, 1.54) is 18.5 Å². The Morgan fingerprint density at radius 1 is 1.05 bits per heavy atom. The van der Waals surface area contributed by atoms with Crippen molar-refractivity contribution < 1.29 is 19.1 Å².